The van der Waals surface area contributed by atoms with Crippen LogP contribution in [0.5, 0.6) is 0 Å². The number of carbonyl (C=O) groups excluding carboxylic acids is 1. The molecule has 7 heteroatoms. The first-order chi connectivity index (χ1) is 8.83. The summed E-state index contributed by atoms with van der Waals surface area (Å²) in [4.78, 5) is 14.9. The van der Waals surface area contributed by atoms with E-state index in [-0.39, 0.29) is 5.75 Å². The molecule has 0 atom stereocenters. The number of nitrogens with zero attached hydrogens (tertiary/aromatic N) is 1. The molecule has 2 aromatic rings. The molecule has 1 aromatic heterocycles. The van der Waals surface area contributed by atoms with Crippen LogP contribution in [-0.2, 0) is 10.1 Å². The molecule has 0 aliphatic rings. The summed E-state index contributed by atoms with van der Waals surface area (Å²) in [6, 6.07) is 11.1. The first-order valence-electron chi connectivity index (χ1n) is 5.44. The molecule has 102 valence electrons. The van der Waals surface area contributed by atoms with E-state index in [0.29, 0.717) is 5.69 Å². The van der Waals surface area contributed by atoms with Crippen molar-refractivity contribution in [2.45, 2.75) is 6.92 Å². The largest absolute Gasteiger partial charge is 0.364 e. The van der Waals surface area contributed by atoms with Crippen molar-refractivity contribution < 1.29 is 17.8 Å². The second-order valence-electron chi connectivity index (χ2n) is 3.62. The van der Waals surface area contributed by atoms with Gasteiger partial charge in [0.1, 0.15) is 5.69 Å². The molecule has 0 radical (unpaired) electrons. The van der Waals surface area contributed by atoms with Crippen LogP contribution < -0.4 is 5.73 Å². The lowest BCUT2D eigenvalue weighted by atomic mass is 10.2. The number of benzene rings is 1. The third kappa shape index (κ3) is 5.02. The number of nitrogens with two attached hydrogens (primary N) is 1. The van der Waals surface area contributed by atoms with Crippen LogP contribution in [0.25, 0.3) is 10.9 Å². The fourth-order valence-electron chi connectivity index (χ4n) is 1.20. The highest BCUT2D eigenvalue weighted by Gasteiger charge is 2.01. The molecular weight excluding hydrogens is 268 g/mol. The summed E-state index contributed by atoms with van der Waals surface area (Å²) >= 11 is 0. The first kappa shape index (κ1) is 15.1. The van der Waals surface area contributed by atoms with Gasteiger partial charge in [-0.15, -0.1) is 0 Å². The summed E-state index contributed by atoms with van der Waals surface area (Å²) in [6.07, 6.45) is 0. The van der Waals surface area contributed by atoms with Gasteiger partial charge in [-0.05, 0) is 19.1 Å². The van der Waals surface area contributed by atoms with Gasteiger partial charge in [0, 0.05) is 5.39 Å². The molecule has 0 unspecified atom stereocenters. The van der Waals surface area contributed by atoms with Crippen molar-refractivity contribution in [1.29, 1.82) is 0 Å². The van der Waals surface area contributed by atoms with Gasteiger partial charge in [0.15, 0.2) is 0 Å². The summed E-state index contributed by atoms with van der Waals surface area (Å²) < 4.78 is 26.9. The van der Waals surface area contributed by atoms with Crippen LogP contribution in [0.15, 0.2) is 36.4 Å². The fraction of sp³-hybridized carbons (Fsp3) is 0.167. The fourth-order valence-corrected chi connectivity index (χ4v) is 1.20. The molecule has 2 rings (SSSR count). The first-order valence-corrected chi connectivity index (χ1v) is 7.05. The zero-order valence-electron chi connectivity index (χ0n) is 10.3. The van der Waals surface area contributed by atoms with Crippen molar-refractivity contribution in [2.24, 2.45) is 5.73 Å². The van der Waals surface area contributed by atoms with Crippen molar-refractivity contribution in [2.75, 3.05) is 5.75 Å². The number of aromatic nitrogens is 1. The van der Waals surface area contributed by atoms with Crippen molar-refractivity contribution >= 4 is 26.9 Å². The van der Waals surface area contributed by atoms with E-state index in [1.807, 2.05) is 30.3 Å². The molecule has 0 aliphatic heterocycles. The topological polar surface area (TPSA) is 110 Å². The second kappa shape index (κ2) is 6.26. The number of carbonyl (C=O) groups is 1. The van der Waals surface area contributed by atoms with E-state index < -0.39 is 16.0 Å². The number of primary amides is 1. The van der Waals surface area contributed by atoms with Gasteiger partial charge in [-0.25, -0.2) is 4.98 Å². The van der Waals surface area contributed by atoms with Gasteiger partial charge in [0.25, 0.3) is 16.0 Å². The predicted molar refractivity (Wildman–Crippen MR) is 72.4 cm³/mol. The van der Waals surface area contributed by atoms with E-state index in [1.54, 1.807) is 6.07 Å². The number of para-hydroxylation sites is 1. The van der Waals surface area contributed by atoms with Gasteiger partial charge in [-0.2, -0.15) is 8.42 Å². The highest BCUT2D eigenvalue weighted by Crippen LogP contribution is 2.10. The highest BCUT2D eigenvalue weighted by atomic mass is 32.2. The summed E-state index contributed by atoms with van der Waals surface area (Å²) in [5.41, 5.74) is 6.20. The average molecular weight is 282 g/mol. The van der Waals surface area contributed by atoms with E-state index in [0.717, 1.165) is 10.9 Å². The number of hydrogen-bond acceptors (Lipinski definition) is 4. The van der Waals surface area contributed by atoms with Crippen LogP contribution in [0.3, 0.4) is 0 Å². The summed E-state index contributed by atoms with van der Waals surface area (Å²) in [5.74, 6) is -0.696. The average Bonchev–Trinajstić information content (AvgIpc) is 2.38. The molecule has 1 amide bonds. The molecule has 0 fully saturated rings. The van der Waals surface area contributed by atoms with Gasteiger partial charge in [-0.3, -0.25) is 9.35 Å². The van der Waals surface area contributed by atoms with Crippen LogP contribution in [-0.4, -0.2) is 29.6 Å². The lowest BCUT2D eigenvalue weighted by molar-refractivity contribution is 0.0996. The minimum atomic E-state index is -3.66. The van der Waals surface area contributed by atoms with E-state index in [9.17, 15) is 13.2 Å². The van der Waals surface area contributed by atoms with Crippen LogP contribution in [0.4, 0.5) is 0 Å². The number of amides is 1. The molecule has 0 saturated heterocycles. The van der Waals surface area contributed by atoms with Gasteiger partial charge >= 0.3 is 0 Å². The standard InChI is InChI=1S/C10H8N2O.C2H6O3S/c11-10(13)9-6-5-7-3-1-2-4-8(7)12-9;1-2-6(3,4)5/h1-6H,(H2,11,13);2H2,1H3,(H,3,4,5). The quantitative estimate of drug-likeness (QED) is 0.805. The molecule has 0 bridgehead atoms. The van der Waals surface area contributed by atoms with E-state index in [1.165, 1.54) is 6.92 Å². The Labute approximate surface area is 111 Å². The maximum Gasteiger partial charge on any atom is 0.267 e. The maximum atomic E-state index is 10.8. The summed E-state index contributed by atoms with van der Waals surface area (Å²) in [5, 5.41) is 1.01. The van der Waals surface area contributed by atoms with Gasteiger partial charge in [-0.1, -0.05) is 24.3 Å². The zero-order valence-corrected chi connectivity index (χ0v) is 11.1. The Morgan fingerprint density at radius 2 is 1.84 bits per heavy atom. The Balaban J connectivity index is 0.000000258. The normalized spacial score (nSPS) is 10.6. The molecule has 0 saturated carbocycles. The lowest BCUT2D eigenvalue weighted by Gasteiger charge is -1.97. The Morgan fingerprint density at radius 1 is 1.26 bits per heavy atom. The zero-order chi connectivity index (χ0) is 14.5. The van der Waals surface area contributed by atoms with Gasteiger partial charge in [0.05, 0.1) is 11.3 Å². The number of hydrogen-bond donors (Lipinski definition) is 2. The molecule has 19 heavy (non-hydrogen) atoms. The van der Waals surface area contributed by atoms with Crippen molar-refractivity contribution in [3.8, 4) is 0 Å². The molecule has 1 heterocycles. The van der Waals surface area contributed by atoms with E-state index >= 15 is 0 Å². The van der Waals surface area contributed by atoms with E-state index in [4.69, 9.17) is 10.3 Å². The van der Waals surface area contributed by atoms with Crippen LogP contribution in [0.2, 0.25) is 0 Å². The highest BCUT2D eigenvalue weighted by molar-refractivity contribution is 7.85. The molecule has 0 spiro atoms. The third-order valence-corrected chi connectivity index (χ3v) is 2.95. The summed E-state index contributed by atoms with van der Waals surface area (Å²) in [6.45, 7) is 1.37. The van der Waals surface area contributed by atoms with Crippen LogP contribution in [0, 0.1) is 0 Å². The predicted octanol–water partition coefficient (Wildman–Crippen LogP) is 1.23. The molecule has 3 N–H and O–H groups in total. The minimum absolute atomic E-state index is 0.201. The number of fused-ring (bicyclic) bond motifs is 1. The smallest absolute Gasteiger partial charge is 0.267 e. The Kier molecular flexibility index (Phi) is 4.96. The van der Waals surface area contributed by atoms with Crippen LogP contribution >= 0.6 is 0 Å². The second-order valence-corrected chi connectivity index (χ2v) is 5.37. The lowest BCUT2D eigenvalue weighted by Crippen LogP contribution is -2.12. The Bertz CT molecular complexity index is 683. The molecule has 6 nitrogen and oxygen atoms in total. The van der Waals surface area contributed by atoms with E-state index in [2.05, 4.69) is 4.98 Å². The summed E-state index contributed by atoms with van der Waals surface area (Å²) in [7, 11) is -3.66. The van der Waals surface area contributed by atoms with Gasteiger partial charge in [0.2, 0.25) is 0 Å². The van der Waals surface area contributed by atoms with Crippen molar-refractivity contribution in [3.63, 3.8) is 0 Å². The van der Waals surface area contributed by atoms with Crippen molar-refractivity contribution in [3.05, 3.63) is 42.1 Å². The Hall–Kier alpha value is -1.99. The SMILES string of the molecule is CCS(=O)(=O)O.NC(=O)c1ccc2ccccc2n1. The van der Waals surface area contributed by atoms with Crippen LogP contribution in [0.1, 0.15) is 17.4 Å². The molecule has 1 aromatic carbocycles. The third-order valence-electron chi connectivity index (χ3n) is 2.22. The van der Waals surface area contributed by atoms with Gasteiger partial charge < -0.3 is 5.73 Å². The number of pyridine rings is 1. The monoisotopic (exact) mass is 282 g/mol. The maximum absolute atomic E-state index is 10.8. The Morgan fingerprint density at radius 3 is 2.37 bits per heavy atom. The number of rotatable bonds is 2. The molecule has 0 aliphatic carbocycles. The minimum Gasteiger partial charge on any atom is -0.364 e. The molecular formula is C12H14N2O4S. The van der Waals surface area contributed by atoms with Crippen molar-refractivity contribution in [1.82, 2.24) is 4.98 Å².